The van der Waals surface area contributed by atoms with Gasteiger partial charge in [-0.25, -0.2) is 4.79 Å². The molecule has 1 aromatic rings. The zero-order valence-corrected chi connectivity index (χ0v) is 12.5. The standard InChI is InChI=1S/C16H11F3O3S/c17-16(18,19)10-6-12(15(21)22)11(14(23)7-10)8-13(20)9-4-2-1-3-5-9/h1-6H,7-8H2,(H,21,22). The van der Waals surface area contributed by atoms with Crippen molar-refractivity contribution in [3.8, 4) is 0 Å². The molecule has 7 heteroatoms. The van der Waals surface area contributed by atoms with Crippen LogP contribution in [0.4, 0.5) is 13.2 Å². The zero-order chi connectivity index (χ0) is 17.2. The summed E-state index contributed by atoms with van der Waals surface area (Å²) in [6, 6.07) is 8.09. The van der Waals surface area contributed by atoms with E-state index in [0.717, 1.165) is 0 Å². The van der Waals surface area contributed by atoms with Crippen LogP contribution in [0.3, 0.4) is 0 Å². The van der Waals surface area contributed by atoms with Crippen LogP contribution in [0.15, 0.2) is 53.1 Å². The molecule has 0 atom stereocenters. The lowest BCUT2D eigenvalue weighted by molar-refractivity contribution is -0.132. The smallest absolute Gasteiger partial charge is 0.413 e. The first kappa shape index (κ1) is 17.1. The van der Waals surface area contributed by atoms with Crippen molar-refractivity contribution < 1.29 is 27.9 Å². The Morgan fingerprint density at radius 1 is 1.17 bits per heavy atom. The van der Waals surface area contributed by atoms with Crippen molar-refractivity contribution >= 4 is 28.8 Å². The molecular formula is C16H11F3O3S. The summed E-state index contributed by atoms with van der Waals surface area (Å²) in [7, 11) is 0. The number of alkyl halides is 3. The number of hydrogen-bond acceptors (Lipinski definition) is 3. The summed E-state index contributed by atoms with van der Waals surface area (Å²) >= 11 is 4.92. The van der Waals surface area contributed by atoms with E-state index in [1.54, 1.807) is 30.3 Å². The fourth-order valence-electron chi connectivity index (χ4n) is 2.20. The molecule has 0 aromatic heterocycles. The minimum Gasteiger partial charge on any atom is -0.478 e. The zero-order valence-electron chi connectivity index (χ0n) is 11.7. The molecule has 1 N–H and O–H groups in total. The Labute approximate surface area is 135 Å². The molecule has 0 fully saturated rings. The Kier molecular flexibility index (Phi) is 4.79. The average molecular weight is 340 g/mol. The highest BCUT2D eigenvalue weighted by molar-refractivity contribution is 7.80. The van der Waals surface area contributed by atoms with Crippen molar-refractivity contribution in [3.05, 3.63) is 58.7 Å². The van der Waals surface area contributed by atoms with Crippen LogP contribution in [0, 0.1) is 0 Å². The molecule has 0 spiro atoms. The van der Waals surface area contributed by atoms with E-state index in [-0.39, 0.29) is 16.9 Å². The minimum atomic E-state index is -4.65. The number of carbonyl (C=O) groups excluding carboxylic acids is 1. The molecule has 2 rings (SSSR count). The van der Waals surface area contributed by atoms with E-state index in [2.05, 4.69) is 0 Å². The Balaban J connectivity index is 2.41. The van der Waals surface area contributed by atoms with E-state index in [1.165, 1.54) is 0 Å². The number of carbonyl (C=O) groups is 2. The molecule has 0 heterocycles. The molecule has 0 radical (unpaired) electrons. The van der Waals surface area contributed by atoms with Crippen molar-refractivity contribution in [3.63, 3.8) is 0 Å². The van der Waals surface area contributed by atoms with Gasteiger partial charge in [0.15, 0.2) is 5.78 Å². The number of Topliss-reactive ketones (excluding diaryl/α,β-unsaturated/α-hetero) is 1. The van der Waals surface area contributed by atoms with E-state index in [0.29, 0.717) is 11.6 Å². The Morgan fingerprint density at radius 2 is 1.78 bits per heavy atom. The van der Waals surface area contributed by atoms with Crippen molar-refractivity contribution in [2.45, 2.75) is 19.0 Å². The van der Waals surface area contributed by atoms with Crippen LogP contribution in [0.25, 0.3) is 0 Å². The molecule has 23 heavy (non-hydrogen) atoms. The number of hydrogen-bond donors (Lipinski definition) is 1. The largest absolute Gasteiger partial charge is 0.478 e. The van der Waals surface area contributed by atoms with Gasteiger partial charge in [0.05, 0.1) is 5.57 Å². The van der Waals surface area contributed by atoms with Crippen molar-refractivity contribution in [2.24, 2.45) is 0 Å². The summed E-state index contributed by atoms with van der Waals surface area (Å²) in [5.74, 6) is -1.93. The summed E-state index contributed by atoms with van der Waals surface area (Å²) in [6.07, 6.45) is -5.02. The molecule has 0 unspecified atom stereocenters. The number of ketones is 1. The molecule has 0 saturated heterocycles. The van der Waals surface area contributed by atoms with E-state index in [4.69, 9.17) is 17.3 Å². The first-order valence-corrected chi connectivity index (χ1v) is 6.96. The number of benzene rings is 1. The molecule has 120 valence electrons. The van der Waals surface area contributed by atoms with Gasteiger partial charge in [0.1, 0.15) is 0 Å². The third kappa shape index (κ3) is 3.92. The van der Waals surface area contributed by atoms with Crippen LogP contribution in [-0.4, -0.2) is 27.9 Å². The highest BCUT2D eigenvalue weighted by atomic mass is 32.1. The molecule has 1 aliphatic carbocycles. The minimum absolute atomic E-state index is 0.0330. The van der Waals surface area contributed by atoms with Gasteiger partial charge in [-0.3, -0.25) is 4.79 Å². The molecule has 3 nitrogen and oxygen atoms in total. The topological polar surface area (TPSA) is 54.4 Å². The van der Waals surface area contributed by atoms with E-state index in [9.17, 15) is 22.8 Å². The lowest BCUT2D eigenvalue weighted by atomic mass is 9.87. The van der Waals surface area contributed by atoms with Gasteiger partial charge < -0.3 is 5.11 Å². The van der Waals surface area contributed by atoms with Crippen LogP contribution in [0.5, 0.6) is 0 Å². The van der Waals surface area contributed by atoms with Gasteiger partial charge in [0, 0.05) is 28.8 Å². The summed E-state index contributed by atoms with van der Waals surface area (Å²) < 4.78 is 38.4. The highest BCUT2D eigenvalue weighted by Crippen LogP contribution is 2.35. The Morgan fingerprint density at radius 3 is 2.30 bits per heavy atom. The summed E-state index contributed by atoms with van der Waals surface area (Å²) in [5.41, 5.74) is -1.28. The Hall–Kier alpha value is -2.28. The normalized spacial score (nSPS) is 15.4. The number of allylic oxidation sites excluding steroid dienone is 2. The number of carboxylic acid groups (broad SMARTS) is 1. The lowest BCUT2D eigenvalue weighted by Crippen LogP contribution is -2.23. The third-order valence-electron chi connectivity index (χ3n) is 3.36. The molecule has 0 aliphatic heterocycles. The van der Waals surface area contributed by atoms with Crippen LogP contribution in [0.2, 0.25) is 0 Å². The second kappa shape index (κ2) is 6.45. The van der Waals surface area contributed by atoms with Gasteiger partial charge in [-0.1, -0.05) is 42.5 Å². The average Bonchev–Trinajstić information content (AvgIpc) is 2.48. The lowest BCUT2D eigenvalue weighted by Gasteiger charge is -2.20. The molecule has 0 saturated carbocycles. The molecular weight excluding hydrogens is 329 g/mol. The fraction of sp³-hybridized carbons (Fsp3) is 0.188. The van der Waals surface area contributed by atoms with Crippen LogP contribution < -0.4 is 0 Å². The molecule has 0 amide bonds. The van der Waals surface area contributed by atoms with Crippen molar-refractivity contribution in [1.29, 1.82) is 0 Å². The van der Waals surface area contributed by atoms with Crippen molar-refractivity contribution in [1.82, 2.24) is 0 Å². The van der Waals surface area contributed by atoms with Gasteiger partial charge in [0.25, 0.3) is 0 Å². The molecule has 0 bridgehead atoms. The second-order valence-electron chi connectivity index (χ2n) is 4.93. The summed E-state index contributed by atoms with van der Waals surface area (Å²) in [4.78, 5) is 23.3. The maximum Gasteiger partial charge on any atom is 0.413 e. The first-order chi connectivity index (χ1) is 10.7. The second-order valence-corrected chi connectivity index (χ2v) is 5.42. The summed E-state index contributed by atoms with van der Waals surface area (Å²) in [6.45, 7) is 0. The van der Waals surface area contributed by atoms with Gasteiger partial charge in [0.2, 0.25) is 0 Å². The van der Waals surface area contributed by atoms with Crippen LogP contribution in [0.1, 0.15) is 23.2 Å². The van der Waals surface area contributed by atoms with Gasteiger partial charge in [-0.05, 0) is 11.6 Å². The predicted octanol–water partition coefficient (Wildman–Crippen LogP) is 3.90. The molecule has 1 aliphatic rings. The highest BCUT2D eigenvalue weighted by Gasteiger charge is 2.38. The maximum atomic E-state index is 12.8. The summed E-state index contributed by atoms with van der Waals surface area (Å²) in [5, 5.41) is 9.15. The number of rotatable bonds is 4. The van der Waals surface area contributed by atoms with E-state index < -0.39 is 35.5 Å². The molecule has 1 aromatic carbocycles. The monoisotopic (exact) mass is 340 g/mol. The number of aliphatic carboxylic acids is 1. The van der Waals surface area contributed by atoms with E-state index >= 15 is 0 Å². The number of thiocarbonyl (C=S) groups is 1. The van der Waals surface area contributed by atoms with Gasteiger partial charge >= 0.3 is 12.1 Å². The SMILES string of the molecule is O=C(O)C1=C(CC(=O)c2ccccc2)C(=S)CC(C(F)(F)F)=C1. The van der Waals surface area contributed by atoms with Crippen molar-refractivity contribution in [2.75, 3.05) is 0 Å². The van der Waals surface area contributed by atoms with Crippen LogP contribution in [-0.2, 0) is 4.79 Å². The van der Waals surface area contributed by atoms with Crippen LogP contribution >= 0.6 is 12.2 Å². The first-order valence-electron chi connectivity index (χ1n) is 6.56. The van der Waals surface area contributed by atoms with Gasteiger partial charge in [-0.2, -0.15) is 13.2 Å². The number of halogens is 3. The van der Waals surface area contributed by atoms with E-state index in [1.807, 2.05) is 0 Å². The Bertz CT molecular complexity index is 731. The third-order valence-corrected chi connectivity index (χ3v) is 3.75. The maximum absolute atomic E-state index is 12.8. The number of carboxylic acids is 1. The quantitative estimate of drug-likeness (QED) is 0.667. The predicted molar refractivity (Wildman–Crippen MR) is 81.4 cm³/mol. The fourth-order valence-corrected chi connectivity index (χ4v) is 2.53. The van der Waals surface area contributed by atoms with Gasteiger partial charge in [-0.15, -0.1) is 0 Å².